The molecule has 0 saturated carbocycles. The summed E-state index contributed by atoms with van der Waals surface area (Å²) >= 11 is 1.70. The van der Waals surface area contributed by atoms with Crippen molar-refractivity contribution in [3.8, 4) is 0 Å². The van der Waals surface area contributed by atoms with Crippen molar-refractivity contribution in [1.29, 1.82) is 0 Å². The predicted molar refractivity (Wildman–Crippen MR) is 65.0 cm³/mol. The van der Waals surface area contributed by atoms with Crippen LogP contribution in [0.15, 0.2) is 16.9 Å². The van der Waals surface area contributed by atoms with Gasteiger partial charge in [0, 0.05) is 43.0 Å². The van der Waals surface area contributed by atoms with Crippen LogP contribution in [0.25, 0.3) is 0 Å². The molecule has 1 unspecified atom stereocenters. The van der Waals surface area contributed by atoms with Crippen LogP contribution >= 0.6 is 11.3 Å². The Bertz CT molecular complexity index is 350. The number of piperidine rings is 1. The Balaban J connectivity index is 1.94. The van der Waals surface area contributed by atoms with E-state index in [9.17, 15) is 0 Å². The number of nitrogens with zero attached hydrogens (tertiary/aromatic N) is 3. The standard InChI is InChI=1S/C11H17N3OS/c1-2-9-6-14(4-3-11(9)13-15)7-10-5-12-8-16-10/h5,8-9,15H,2-4,6-7H2,1H3. The van der Waals surface area contributed by atoms with Gasteiger partial charge in [-0.3, -0.25) is 9.88 Å². The summed E-state index contributed by atoms with van der Waals surface area (Å²) in [6, 6.07) is 0. The highest BCUT2D eigenvalue weighted by atomic mass is 32.1. The second-order valence-corrected chi connectivity index (χ2v) is 5.12. The first-order valence-electron chi connectivity index (χ1n) is 5.64. The Labute approximate surface area is 99.6 Å². The van der Waals surface area contributed by atoms with E-state index < -0.39 is 0 Å². The maximum Gasteiger partial charge on any atom is 0.0794 e. The zero-order chi connectivity index (χ0) is 11.4. The lowest BCUT2D eigenvalue weighted by Crippen LogP contribution is -2.40. The predicted octanol–water partition coefficient (Wildman–Crippen LogP) is 2.21. The highest BCUT2D eigenvalue weighted by Crippen LogP contribution is 2.20. The molecule has 1 fully saturated rings. The minimum absolute atomic E-state index is 0.409. The fraction of sp³-hybridized carbons (Fsp3) is 0.636. The number of hydrogen-bond donors (Lipinski definition) is 1. The lowest BCUT2D eigenvalue weighted by Gasteiger charge is -2.32. The summed E-state index contributed by atoms with van der Waals surface area (Å²) in [4.78, 5) is 7.80. The Morgan fingerprint density at radius 1 is 1.69 bits per heavy atom. The molecule has 1 aromatic heterocycles. The molecule has 0 aliphatic carbocycles. The van der Waals surface area contributed by atoms with Crippen LogP contribution in [0, 0.1) is 5.92 Å². The van der Waals surface area contributed by atoms with Crippen LogP contribution in [0.4, 0.5) is 0 Å². The monoisotopic (exact) mass is 239 g/mol. The molecular formula is C11H17N3OS. The summed E-state index contributed by atoms with van der Waals surface area (Å²) in [5, 5.41) is 12.3. The van der Waals surface area contributed by atoms with Gasteiger partial charge in [-0.05, 0) is 6.42 Å². The van der Waals surface area contributed by atoms with E-state index in [4.69, 9.17) is 5.21 Å². The molecule has 0 aromatic carbocycles. The van der Waals surface area contributed by atoms with Crippen molar-refractivity contribution in [2.24, 2.45) is 11.1 Å². The van der Waals surface area contributed by atoms with Crippen molar-refractivity contribution in [2.45, 2.75) is 26.3 Å². The zero-order valence-electron chi connectivity index (χ0n) is 9.46. The zero-order valence-corrected chi connectivity index (χ0v) is 10.3. The largest absolute Gasteiger partial charge is 0.411 e. The SMILES string of the molecule is CCC1CN(Cc2cncs2)CCC1=NO. The molecule has 1 aliphatic heterocycles. The summed E-state index contributed by atoms with van der Waals surface area (Å²) in [5.74, 6) is 0.409. The quantitative estimate of drug-likeness (QED) is 0.650. The third-order valence-corrected chi connectivity index (χ3v) is 3.88. The molecule has 0 radical (unpaired) electrons. The number of rotatable bonds is 3. The van der Waals surface area contributed by atoms with E-state index in [0.29, 0.717) is 5.92 Å². The number of hydrogen-bond acceptors (Lipinski definition) is 5. The van der Waals surface area contributed by atoms with Crippen LogP contribution in [-0.2, 0) is 6.54 Å². The average Bonchev–Trinajstić information content (AvgIpc) is 2.81. The van der Waals surface area contributed by atoms with Crippen molar-refractivity contribution >= 4 is 17.0 Å². The molecule has 2 heterocycles. The summed E-state index contributed by atoms with van der Waals surface area (Å²) in [6.45, 7) is 5.09. The lowest BCUT2D eigenvalue weighted by atomic mass is 9.93. The number of thiazole rings is 1. The maximum atomic E-state index is 8.90. The van der Waals surface area contributed by atoms with Crippen LogP contribution in [0.2, 0.25) is 0 Å². The molecule has 2 rings (SSSR count). The molecule has 1 saturated heterocycles. The van der Waals surface area contributed by atoms with Gasteiger partial charge in [-0.2, -0.15) is 0 Å². The molecule has 88 valence electrons. The minimum atomic E-state index is 0.409. The van der Waals surface area contributed by atoms with E-state index in [0.717, 1.165) is 38.2 Å². The molecule has 16 heavy (non-hydrogen) atoms. The Morgan fingerprint density at radius 2 is 2.56 bits per heavy atom. The lowest BCUT2D eigenvalue weighted by molar-refractivity contribution is 0.222. The van der Waals surface area contributed by atoms with Crippen LogP contribution < -0.4 is 0 Å². The first-order chi connectivity index (χ1) is 7.83. The third kappa shape index (κ3) is 2.59. The van der Waals surface area contributed by atoms with Crippen LogP contribution in [0.1, 0.15) is 24.6 Å². The Hall–Kier alpha value is -0.940. The van der Waals surface area contributed by atoms with Crippen molar-refractivity contribution in [1.82, 2.24) is 9.88 Å². The van der Waals surface area contributed by atoms with E-state index in [1.807, 2.05) is 11.7 Å². The molecule has 1 N–H and O–H groups in total. The molecule has 0 spiro atoms. The van der Waals surface area contributed by atoms with Gasteiger partial charge < -0.3 is 5.21 Å². The van der Waals surface area contributed by atoms with E-state index >= 15 is 0 Å². The van der Waals surface area contributed by atoms with Crippen LogP contribution in [0.3, 0.4) is 0 Å². The van der Waals surface area contributed by atoms with Gasteiger partial charge in [0.05, 0.1) is 11.2 Å². The van der Waals surface area contributed by atoms with Gasteiger partial charge >= 0.3 is 0 Å². The van der Waals surface area contributed by atoms with Crippen LogP contribution in [-0.4, -0.2) is 33.9 Å². The van der Waals surface area contributed by atoms with E-state index in [-0.39, 0.29) is 0 Å². The molecule has 4 nitrogen and oxygen atoms in total. The second kappa shape index (κ2) is 5.41. The summed E-state index contributed by atoms with van der Waals surface area (Å²) in [7, 11) is 0. The number of oxime groups is 1. The average molecular weight is 239 g/mol. The summed E-state index contributed by atoms with van der Waals surface area (Å²) < 4.78 is 0. The van der Waals surface area contributed by atoms with E-state index in [2.05, 4.69) is 22.0 Å². The fourth-order valence-electron chi connectivity index (χ4n) is 2.17. The first kappa shape index (κ1) is 11.5. The molecular weight excluding hydrogens is 222 g/mol. The van der Waals surface area contributed by atoms with Crippen molar-refractivity contribution in [3.05, 3.63) is 16.6 Å². The number of likely N-dealkylation sites (tertiary alicyclic amines) is 1. The summed E-state index contributed by atoms with van der Waals surface area (Å²) in [5.41, 5.74) is 2.83. The molecule has 1 aliphatic rings. The van der Waals surface area contributed by atoms with Crippen molar-refractivity contribution < 1.29 is 5.21 Å². The Morgan fingerprint density at radius 3 is 3.19 bits per heavy atom. The second-order valence-electron chi connectivity index (χ2n) is 4.15. The van der Waals surface area contributed by atoms with Crippen molar-refractivity contribution in [2.75, 3.05) is 13.1 Å². The fourth-order valence-corrected chi connectivity index (χ4v) is 2.80. The first-order valence-corrected chi connectivity index (χ1v) is 6.52. The Kier molecular flexibility index (Phi) is 3.90. The number of aromatic nitrogens is 1. The molecule has 0 amide bonds. The van der Waals surface area contributed by atoms with Gasteiger partial charge in [0.25, 0.3) is 0 Å². The van der Waals surface area contributed by atoms with Gasteiger partial charge in [-0.25, -0.2) is 0 Å². The van der Waals surface area contributed by atoms with Gasteiger partial charge in [-0.15, -0.1) is 11.3 Å². The molecule has 1 aromatic rings. The summed E-state index contributed by atoms with van der Waals surface area (Å²) in [6.07, 6.45) is 3.85. The highest BCUT2D eigenvalue weighted by molar-refractivity contribution is 7.09. The van der Waals surface area contributed by atoms with Gasteiger partial charge in [-0.1, -0.05) is 12.1 Å². The van der Waals surface area contributed by atoms with Crippen LogP contribution in [0.5, 0.6) is 0 Å². The third-order valence-electron chi connectivity index (χ3n) is 3.12. The van der Waals surface area contributed by atoms with E-state index in [1.54, 1.807) is 11.3 Å². The molecule has 0 bridgehead atoms. The highest BCUT2D eigenvalue weighted by Gasteiger charge is 2.24. The van der Waals surface area contributed by atoms with Gasteiger partial charge in [0.1, 0.15) is 0 Å². The molecule has 1 atom stereocenters. The maximum absolute atomic E-state index is 8.90. The molecule has 5 heteroatoms. The topological polar surface area (TPSA) is 48.7 Å². The van der Waals surface area contributed by atoms with Gasteiger partial charge in [0.2, 0.25) is 0 Å². The smallest absolute Gasteiger partial charge is 0.0794 e. The normalized spacial score (nSPS) is 25.1. The van der Waals surface area contributed by atoms with Gasteiger partial charge in [0.15, 0.2) is 0 Å². The minimum Gasteiger partial charge on any atom is -0.411 e. The van der Waals surface area contributed by atoms with E-state index in [1.165, 1.54) is 4.88 Å². The van der Waals surface area contributed by atoms with Crippen molar-refractivity contribution in [3.63, 3.8) is 0 Å².